The van der Waals surface area contributed by atoms with Crippen LogP contribution in [0.2, 0.25) is 0 Å². The topological polar surface area (TPSA) is 29.1 Å². The zero-order chi connectivity index (χ0) is 16.8. The van der Waals surface area contributed by atoms with Gasteiger partial charge in [-0.05, 0) is 58.7 Å². The Morgan fingerprint density at radius 3 is 2.64 bits per heavy atom. The number of amides is 1. The number of hydrogen-bond acceptors (Lipinski definition) is 1. The van der Waals surface area contributed by atoms with E-state index in [1.54, 1.807) is 0 Å². The molecule has 0 saturated carbocycles. The second-order valence-corrected chi connectivity index (χ2v) is 7.25. The number of hydrogen-bond donors (Lipinski definition) is 1. The summed E-state index contributed by atoms with van der Waals surface area (Å²) >= 11 is 0. The Kier molecular flexibility index (Phi) is 3.37. The molecule has 5 rings (SSSR count). The quantitative estimate of drug-likeness (QED) is 0.654. The lowest BCUT2D eigenvalue weighted by atomic mass is 9.78. The van der Waals surface area contributed by atoms with Crippen LogP contribution in [-0.4, -0.2) is 5.91 Å². The lowest BCUT2D eigenvalue weighted by Gasteiger charge is -2.31. The molecule has 1 aliphatic carbocycles. The third-order valence-electron chi connectivity index (χ3n) is 5.79. The maximum atomic E-state index is 12.5. The fourth-order valence-electron chi connectivity index (χ4n) is 4.60. The van der Waals surface area contributed by atoms with Crippen molar-refractivity contribution in [1.82, 2.24) is 0 Å². The summed E-state index contributed by atoms with van der Waals surface area (Å²) in [5.41, 5.74) is 6.46. The molecule has 0 bridgehead atoms. The molecule has 2 aliphatic rings. The van der Waals surface area contributed by atoms with Crippen LogP contribution in [-0.2, 0) is 17.6 Å². The first-order valence-electron chi connectivity index (χ1n) is 9.23. The first-order chi connectivity index (χ1) is 12.3. The molecule has 0 radical (unpaired) electrons. The predicted molar refractivity (Wildman–Crippen MR) is 102 cm³/mol. The second kappa shape index (κ2) is 5.73. The van der Waals surface area contributed by atoms with Crippen LogP contribution < -0.4 is 5.32 Å². The average molecular weight is 327 g/mol. The summed E-state index contributed by atoms with van der Waals surface area (Å²) in [4.78, 5) is 12.5. The van der Waals surface area contributed by atoms with E-state index in [0.717, 1.165) is 18.5 Å². The number of benzene rings is 3. The number of anilines is 1. The summed E-state index contributed by atoms with van der Waals surface area (Å²) in [6.07, 6.45) is 5.23. The highest BCUT2D eigenvalue weighted by Crippen LogP contribution is 2.43. The van der Waals surface area contributed by atoms with Crippen molar-refractivity contribution in [2.45, 2.75) is 38.0 Å². The standard InChI is InChI=1S/C23H21NO/c25-22-14-21(19-11-5-8-15-6-1-3-9-17(15)19)20-13-12-16-7-2-4-10-18(16)23(20)24-22/h1,3,5-6,8-9,11-13,21H,2,4,7,10,14H2,(H,24,25). The zero-order valence-corrected chi connectivity index (χ0v) is 14.2. The van der Waals surface area contributed by atoms with Crippen LogP contribution >= 0.6 is 0 Å². The number of carbonyl (C=O) groups is 1. The van der Waals surface area contributed by atoms with E-state index in [4.69, 9.17) is 0 Å². The van der Waals surface area contributed by atoms with Crippen LogP contribution in [0.5, 0.6) is 0 Å². The molecule has 2 heteroatoms. The molecular weight excluding hydrogens is 306 g/mol. The highest BCUT2D eigenvalue weighted by molar-refractivity contribution is 5.98. The monoisotopic (exact) mass is 327 g/mol. The van der Waals surface area contributed by atoms with Crippen LogP contribution in [0, 0.1) is 0 Å². The van der Waals surface area contributed by atoms with Gasteiger partial charge in [-0.15, -0.1) is 0 Å². The molecule has 0 saturated heterocycles. The molecule has 0 spiro atoms. The Hall–Kier alpha value is -2.61. The third kappa shape index (κ3) is 2.36. The van der Waals surface area contributed by atoms with Crippen molar-refractivity contribution in [1.29, 1.82) is 0 Å². The summed E-state index contributed by atoms with van der Waals surface area (Å²) < 4.78 is 0. The van der Waals surface area contributed by atoms with Gasteiger partial charge in [0.15, 0.2) is 0 Å². The minimum absolute atomic E-state index is 0.141. The van der Waals surface area contributed by atoms with Gasteiger partial charge in [0.2, 0.25) is 5.91 Å². The van der Waals surface area contributed by atoms with Crippen molar-refractivity contribution >= 4 is 22.4 Å². The molecule has 1 aliphatic heterocycles. The Bertz CT molecular complexity index is 983. The minimum atomic E-state index is 0.141. The van der Waals surface area contributed by atoms with Crippen LogP contribution in [0.25, 0.3) is 10.8 Å². The smallest absolute Gasteiger partial charge is 0.225 e. The van der Waals surface area contributed by atoms with Crippen LogP contribution in [0.15, 0.2) is 54.6 Å². The number of fused-ring (bicyclic) bond motifs is 4. The number of rotatable bonds is 1. The lowest BCUT2D eigenvalue weighted by Crippen LogP contribution is -2.26. The van der Waals surface area contributed by atoms with Crippen molar-refractivity contribution in [3.8, 4) is 0 Å². The van der Waals surface area contributed by atoms with Crippen LogP contribution in [0.3, 0.4) is 0 Å². The van der Waals surface area contributed by atoms with Gasteiger partial charge < -0.3 is 5.32 Å². The molecular formula is C23H21NO. The van der Waals surface area contributed by atoms with E-state index in [2.05, 4.69) is 59.9 Å². The van der Waals surface area contributed by atoms with Gasteiger partial charge >= 0.3 is 0 Å². The van der Waals surface area contributed by atoms with Crippen molar-refractivity contribution in [2.75, 3.05) is 5.32 Å². The maximum absolute atomic E-state index is 12.5. The summed E-state index contributed by atoms with van der Waals surface area (Å²) in [5, 5.41) is 5.70. The largest absolute Gasteiger partial charge is 0.326 e. The van der Waals surface area contributed by atoms with Crippen molar-refractivity contribution in [3.05, 3.63) is 76.9 Å². The maximum Gasteiger partial charge on any atom is 0.225 e. The SMILES string of the molecule is O=C1CC(c2cccc3ccccc23)c2ccc3c(c2N1)CCCC3. The zero-order valence-electron chi connectivity index (χ0n) is 14.2. The first kappa shape index (κ1) is 14.7. The summed E-state index contributed by atoms with van der Waals surface area (Å²) in [6.45, 7) is 0. The van der Waals surface area contributed by atoms with Gasteiger partial charge in [0.25, 0.3) is 0 Å². The molecule has 2 nitrogen and oxygen atoms in total. The highest BCUT2D eigenvalue weighted by Gasteiger charge is 2.30. The van der Waals surface area contributed by atoms with E-state index in [0.29, 0.717) is 6.42 Å². The summed E-state index contributed by atoms with van der Waals surface area (Å²) in [7, 11) is 0. The molecule has 3 aromatic carbocycles. The molecule has 124 valence electrons. The van der Waals surface area contributed by atoms with Gasteiger partial charge in [-0.1, -0.05) is 54.6 Å². The van der Waals surface area contributed by atoms with Crippen LogP contribution in [0.4, 0.5) is 5.69 Å². The number of carbonyl (C=O) groups excluding carboxylic acids is 1. The second-order valence-electron chi connectivity index (χ2n) is 7.25. The number of aryl methyl sites for hydroxylation is 1. The molecule has 1 atom stereocenters. The minimum Gasteiger partial charge on any atom is -0.326 e. The first-order valence-corrected chi connectivity index (χ1v) is 9.23. The van der Waals surface area contributed by atoms with Gasteiger partial charge in [0.1, 0.15) is 0 Å². The Morgan fingerprint density at radius 1 is 0.840 bits per heavy atom. The van der Waals surface area contributed by atoms with Gasteiger partial charge in [-0.3, -0.25) is 4.79 Å². The molecule has 0 fully saturated rings. The average Bonchev–Trinajstić information content (AvgIpc) is 2.67. The van der Waals surface area contributed by atoms with Crippen LogP contribution in [0.1, 0.15) is 47.4 Å². The van der Waals surface area contributed by atoms with E-state index >= 15 is 0 Å². The van der Waals surface area contributed by atoms with Crippen molar-refractivity contribution in [2.24, 2.45) is 0 Å². The summed E-state index contributed by atoms with van der Waals surface area (Å²) in [5.74, 6) is 0.284. The van der Waals surface area contributed by atoms with E-state index in [-0.39, 0.29) is 11.8 Å². The Balaban J connectivity index is 1.72. The summed E-state index contributed by atoms with van der Waals surface area (Å²) in [6, 6.07) is 19.5. The molecule has 3 aromatic rings. The third-order valence-corrected chi connectivity index (χ3v) is 5.79. The molecule has 1 N–H and O–H groups in total. The fraction of sp³-hybridized carbons (Fsp3) is 0.261. The van der Waals surface area contributed by atoms with E-state index in [9.17, 15) is 4.79 Å². The van der Waals surface area contributed by atoms with E-state index in [1.807, 2.05) is 0 Å². The Labute approximate surface area is 147 Å². The van der Waals surface area contributed by atoms with E-state index in [1.165, 1.54) is 45.9 Å². The fourth-order valence-corrected chi connectivity index (χ4v) is 4.60. The highest BCUT2D eigenvalue weighted by atomic mass is 16.1. The number of nitrogens with one attached hydrogen (secondary N) is 1. The molecule has 1 unspecified atom stereocenters. The molecule has 1 amide bonds. The normalized spacial score (nSPS) is 19.2. The van der Waals surface area contributed by atoms with Gasteiger partial charge in [0, 0.05) is 18.0 Å². The van der Waals surface area contributed by atoms with Crippen molar-refractivity contribution in [3.63, 3.8) is 0 Å². The molecule has 25 heavy (non-hydrogen) atoms. The predicted octanol–water partition coefficient (Wildman–Crippen LogP) is 5.19. The van der Waals surface area contributed by atoms with Gasteiger partial charge in [-0.25, -0.2) is 0 Å². The van der Waals surface area contributed by atoms with Crippen molar-refractivity contribution < 1.29 is 4.79 Å². The molecule has 0 aromatic heterocycles. The van der Waals surface area contributed by atoms with Gasteiger partial charge in [0.05, 0.1) is 0 Å². The van der Waals surface area contributed by atoms with Gasteiger partial charge in [-0.2, -0.15) is 0 Å². The lowest BCUT2D eigenvalue weighted by molar-refractivity contribution is -0.116. The molecule has 1 heterocycles. The Morgan fingerprint density at radius 2 is 1.68 bits per heavy atom. The van der Waals surface area contributed by atoms with E-state index < -0.39 is 0 Å².